The van der Waals surface area contributed by atoms with Gasteiger partial charge in [0.25, 0.3) is 0 Å². The van der Waals surface area contributed by atoms with E-state index in [-0.39, 0.29) is 30.1 Å². The van der Waals surface area contributed by atoms with Crippen molar-refractivity contribution in [1.82, 2.24) is 15.1 Å². The molecule has 1 saturated heterocycles. The van der Waals surface area contributed by atoms with E-state index < -0.39 is 0 Å². The van der Waals surface area contributed by atoms with Gasteiger partial charge in [0.1, 0.15) is 0 Å². The zero-order chi connectivity index (χ0) is 15.8. The first kappa shape index (κ1) is 20.0. The first-order valence-electron chi connectivity index (χ1n) is 7.72. The van der Waals surface area contributed by atoms with Crippen molar-refractivity contribution in [2.75, 3.05) is 39.3 Å². The Morgan fingerprint density at radius 3 is 2.57 bits per heavy atom. The van der Waals surface area contributed by atoms with Crippen LogP contribution in [0.2, 0.25) is 0 Å². The molecule has 2 heterocycles. The molecule has 0 atom stereocenters. The van der Waals surface area contributed by atoms with Crippen LogP contribution in [0.5, 0.6) is 0 Å². The maximum Gasteiger partial charge on any atom is 0.409 e. The van der Waals surface area contributed by atoms with Crippen molar-refractivity contribution in [3.8, 4) is 0 Å². The van der Waals surface area contributed by atoms with Gasteiger partial charge in [0, 0.05) is 37.6 Å². The first-order chi connectivity index (χ1) is 10.7. The van der Waals surface area contributed by atoms with Crippen molar-refractivity contribution >= 4 is 47.4 Å². The van der Waals surface area contributed by atoms with Crippen LogP contribution in [0.1, 0.15) is 18.7 Å². The summed E-state index contributed by atoms with van der Waals surface area (Å²) in [5.41, 5.74) is 0. The lowest BCUT2D eigenvalue weighted by Crippen LogP contribution is -2.53. The predicted molar refractivity (Wildman–Crippen MR) is 105 cm³/mol. The second kappa shape index (κ2) is 10.7. The summed E-state index contributed by atoms with van der Waals surface area (Å²) < 4.78 is 5.05. The third-order valence-corrected chi connectivity index (χ3v) is 4.27. The molecule has 6 nitrogen and oxygen atoms in total. The number of hydrogen-bond acceptors (Lipinski definition) is 4. The van der Waals surface area contributed by atoms with E-state index in [0.717, 1.165) is 25.6 Å². The summed E-state index contributed by atoms with van der Waals surface area (Å²) in [5, 5.41) is 5.40. The van der Waals surface area contributed by atoms with Crippen LogP contribution in [0.3, 0.4) is 0 Å². The average Bonchev–Trinajstić information content (AvgIpc) is 3.05. The number of thiophene rings is 1. The van der Waals surface area contributed by atoms with E-state index in [1.807, 2.05) is 13.0 Å². The van der Waals surface area contributed by atoms with Crippen LogP contribution < -0.4 is 5.32 Å². The number of rotatable bonds is 4. The molecule has 1 aromatic heterocycles. The molecule has 130 valence electrons. The Morgan fingerprint density at radius 2 is 2.00 bits per heavy atom. The number of carbonyl (C=O) groups excluding carboxylic acids is 1. The maximum atomic E-state index is 11.7. The Kier molecular flexibility index (Phi) is 9.30. The van der Waals surface area contributed by atoms with E-state index in [0.29, 0.717) is 26.2 Å². The molecular weight excluding hydrogens is 427 g/mol. The third kappa shape index (κ3) is 6.17. The molecule has 2 rings (SSSR count). The Bertz CT molecular complexity index is 488. The summed E-state index contributed by atoms with van der Waals surface area (Å²) in [5.74, 6) is 0.916. The van der Waals surface area contributed by atoms with Gasteiger partial charge in [-0.1, -0.05) is 6.07 Å². The minimum Gasteiger partial charge on any atom is -0.450 e. The molecule has 1 aliphatic rings. The quantitative estimate of drug-likeness (QED) is 0.434. The number of amides is 1. The molecule has 0 unspecified atom stereocenters. The zero-order valence-electron chi connectivity index (χ0n) is 13.7. The molecule has 0 radical (unpaired) electrons. The lowest BCUT2D eigenvalue weighted by atomic mass is 10.3. The zero-order valence-corrected chi connectivity index (χ0v) is 16.8. The average molecular weight is 452 g/mol. The van der Waals surface area contributed by atoms with Crippen molar-refractivity contribution in [3.63, 3.8) is 0 Å². The fraction of sp³-hybridized carbons (Fsp3) is 0.600. The van der Waals surface area contributed by atoms with E-state index in [4.69, 9.17) is 9.73 Å². The molecule has 23 heavy (non-hydrogen) atoms. The Labute approximate surface area is 158 Å². The van der Waals surface area contributed by atoms with Crippen LogP contribution in [-0.4, -0.2) is 61.2 Å². The van der Waals surface area contributed by atoms with Crippen LogP contribution in [0.25, 0.3) is 0 Å². The Morgan fingerprint density at radius 1 is 1.30 bits per heavy atom. The molecule has 8 heteroatoms. The summed E-state index contributed by atoms with van der Waals surface area (Å²) in [6.07, 6.45) is -0.220. The van der Waals surface area contributed by atoms with E-state index in [1.54, 1.807) is 16.2 Å². The van der Waals surface area contributed by atoms with E-state index in [9.17, 15) is 4.79 Å². The number of hydrogen-bond donors (Lipinski definition) is 1. The van der Waals surface area contributed by atoms with Crippen LogP contribution in [-0.2, 0) is 11.3 Å². The van der Waals surface area contributed by atoms with Crippen LogP contribution in [0.15, 0.2) is 22.5 Å². The van der Waals surface area contributed by atoms with Crippen molar-refractivity contribution in [2.45, 2.75) is 20.4 Å². The minimum atomic E-state index is -0.220. The van der Waals surface area contributed by atoms with E-state index in [1.165, 1.54) is 4.88 Å². The van der Waals surface area contributed by atoms with Crippen molar-refractivity contribution < 1.29 is 9.53 Å². The highest BCUT2D eigenvalue weighted by atomic mass is 127. The number of halogens is 1. The lowest BCUT2D eigenvalue weighted by molar-refractivity contribution is 0.0914. The van der Waals surface area contributed by atoms with Gasteiger partial charge in [-0.05, 0) is 25.3 Å². The topological polar surface area (TPSA) is 57.2 Å². The van der Waals surface area contributed by atoms with Crippen molar-refractivity contribution in [3.05, 3.63) is 22.4 Å². The normalized spacial score (nSPS) is 15.1. The van der Waals surface area contributed by atoms with Crippen molar-refractivity contribution in [2.24, 2.45) is 4.99 Å². The van der Waals surface area contributed by atoms with Gasteiger partial charge >= 0.3 is 6.09 Å². The fourth-order valence-electron chi connectivity index (χ4n) is 2.30. The van der Waals surface area contributed by atoms with Gasteiger partial charge in [0.15, 0.2) is 5.96 Å². The van der Waals surface area contributed by atoms with Gasteiger partial charge in [-0.3, -0.25) is 0 Å². The number of guanidine groups is 1. The minimum absolute atomic E-state index is 0. The van der Waals surface area contributed by atoms with Gasteiger partial charge in [-0.2, -0.15) is 0 Å². The molecule has 1 amide bonds. The number of ether oxygens (including phenoxy) is 1. The van der Waals surface area contributed by atoms with Crippen molar-refractivity contribution in [1.29, 1.82) is 0 Å². The third-order valence-electron chi connectivity index (χ3n) is 3.40. The fourth-order valence-corrected chi connectivity index (χ4v) is 2.92. The van der Waals surface area contributed by atoms with E-state index in [2.05, 4.69) is 28.6 Å². The highest BCUT2D eigenvalue weighted by molar-refractivity contribution is 14.0. The smallest absolute Gasteiger partial charge is 0.409 e. The van der Waals surface area contributed by atoms with E-state index >= 15 is 0 Å². The van der Waals surface area contributed by atoms with Gasteiger partial charge in [0.2, 0.25) is 0 Å². The predicted octanol–water partition coefficient (Wildman–Crippen LogP) is 2.61. The number of piperazine rings is 1. The number of carbonyl (C=O) groups is 1. The molecular formula is C15H25IN4O2S. The van der Waals surface area contributed by atoms with Gasteiger partial charge in [-0.15, -0.1) is 35.3 Å². The molecule has 0 aliphatic carbocycles. The first-order valence-corrected chi connectivity index (χ1v) is 8.60. The largest absolute Gasteiger partial charge is 0.450 e. The SMILES string of the molecule is CCNC(=NCc1cccs1)N1CCN(C(=O)OCC)CC1.I. The molecule has 1 aromatic rings. The summed E-state index contributed by atoms with van der Waals surface area (Å²) in [4.78, 5) is 21.6. The Hall–Kier alpha value is -1.03. The highest BCUT2D eigenvalue weighted by Gasteiger charge is 2.23. The molecule has 1 fully saturated rings. The summed E-state index contributed by atoms with van der Waals surface area (Å²) in [6, 6.07) is 4.14. The van der Waals surface area contributed by atoms with Crippen LogP contribution in [0, 0.1) is 0 Å². The Balaban J connectivity index is 0.00000264. The highest BCUT2D eigenvalue weighted by Crippen LogP contribution is 2.10. The molecule has 0 saturated carbocycles. The number of nitrogens with one attached hydrogen (secondary N) is 1. The molecule has 1 N–H and O–H groups in total. The lowest BCUT2D eigenvalue weighted by Gasteiger charge is -2.35. The van der Waals surface area contributed by atoms with Gasteiger partial charge in [-0.25, -0.2) is 9.79 Å². The van der Waals surface area contributed by atoms with Crippen LogP contribution >= 0.6 is 35.3 Å². The second-order valence-corrected chi connectivity index (χ2v) is 5.95. The molecule has 0 aromatic carbocycles. The standard InChI is InChI=1S/C15H24N4O2S.HI/c1-3-16-14(17-12-13-6-5-11-22-13)18-7-9-19(10-8-18)15(20)21-4-2;/h5-6,11H,3-4,7-10,12H2,1-2H3,(H,16,17);1H. The monoisotopic (exact) mass is 452 g/mol. The van der Waals surface area contributed by atoms with Gasteiger partial charge < -0.3 is 19.9 Å². The summed E-state index contributed by atoms with van der Waals surface area (Å²) >= 11 is 1.72. The second-order valence-electron chi connectivity index (χ2n) is 4.92. The van der Waals surface area contributed by atoms with Crippen LogP contribution in [0.4, 0.5) is 4.79 Å². The maximum absolute atomic E-state index is 11.7. The summed E-state index contributed by atoms with van der Waals surface area (Å²) in [7, 11) is 0. The molecule has 0 bridgehead atoms. The molecule has 0 spiro atoms. The van der Waals surface area contributed by atoms with Gasteiger partial charge in [0.05, 0.1) is 13.2 Å². The number of aliphatic imine (C=N–C) groups is 1. The summed E-state index contributed by atoms with van der Waals surface area (Å²) in [6.45, 7) is 8.72. The molecule has 1 aliphatic heterocycles. The number of nitrogens with zero attached hydrogens (tertiary/aromatic N) is 3.